The summed E-state index contributed by atoms with van der Waals surface area (Å²) >= 11 is 1.71. The topological polar surface area (TPSA) is 320 Å². The average Bonchev–Trinajstić information content (AvgIpc) is 1.70. The van der Waals surface area contributed by atoms with E-state index in [0.717, 1.165) is 131 Å². The molecule has 118 heavy (non-hydrogen) atoms. The fourth-order valence-electron chi connectivity index (χ4n) is 15.9. The van der Waals surface area contributed by atoms with E-state index < -0.39 is 0 Å². The minimum Gasteiger partial charge on any atom is -0.474 e. The molecule has 5 aliphatic rings. The van der Waals surface area contributed by atoms with Gasteiger partial charge in [-0.2, -0.15) is 25.5 Å². The number of ether oxygens (including phenoxy) is 5. The van der Waals surface area contributed by atoms with Gasteiger partial charge in [-0.05, 0) is 127 Å². The van der Waals surface area contributed by atoms with Gasteiger partial charge in [0, 0.05) is 208 Å². The summed E-state index contributed by atoms with van der Waals surface area (Å²) in [4.78, 5) is 84.6. The van der Waals surface area contributed by atoms with E-state index in [1.807, 2.05) is 152 Å². The molecule has 2 aromatic carbocycles. The predicted molar refractivity (Wildman–Crippen MR) is 452 cm³/mol. The van der Waals surface area contributed by atoms with Crippen molar-refractivity contribution in [3.05, 3.63) is 138 Å². The molecule has 4 amide bonds. The molecule has 0 radical (unpaired) electrons. The number of amides is 4. The highest BCUT2D eigenvalue weighted by Crippen LogP contribution is 2.39. The first-order valence-corrected chi connectivity index (χ1v) is 41.1. The Morgan fingerprint density at radius 2 is 0.966 bits per heavy atom. The summed E-state index contributed by atoms with van der Waals surface area (Å²) in [5.74, 6) is 3.36. The number of aryl methyl sites for hydroxylation is 6. The van der Waals surface area contributed by atoms with Gasteiger partial charge in [-0.3, -0.25) is 47.4 Å². The molecule has 4 aliphatic heterocycles. The fourth-order valence-corrected chi connectivity index (χ4v) is 16.7. The van der Waals surface area contributed by atoms with Gasteiger partial charge in [-0.25, -0.2) is 19.9 Å². The molecule has 11 aromatic heterocycles. The van der Waals surface area contributed by atoms with E-state index in [2.05, 4.69) is 90.6 Å². The van der Waals surface area contributed by atoms with E-state index in [-0.39, 0.29) is 71.7 Å². The molecule has 15 heterocycles. The van der Waals surface area contributed by atoms with E-state index >= 15 is 0 Å². The van der Waals surface area contributed by atoms with Gasteiger partial charge in [0.2, 0.25) is 41.2 Å². The number of hydrogen-bond acceptors (Lipinski definition) is 21. The zero-order valence-corrected chi connectivity index (χ0v) is 70.1. The molecule has 30 nitrogen and oxygen atoms in total. The molecule has 0 bridgehead atoms. The first-order chi connectivity index (χ1) is 56.7. The minimum absolute atomic E-state index is 0.0392. The third kappa shape index (κ3) is 18.2. The van der Waals surface area contributed by atoms with Crippen molar-refractivity contribution in [3.63, 3.8) is 0 Å². The first kappa shape index (κ1) is 81.2. The molecule has 13 aromatic rings. The number of likely N-dealkylation sites (N-methyl/N-ethyl adjacent to an activating group) is 1. The Kier molecular flexibility index (Phi) is 23.9. The molecule has 31 heteroatoms. The highest BCUT2D eigenvalue weighted by atomic mass is 32.1. The van der Waals surface area contributed by atoms with Gasteiger partial charge in [0.25, 0.3) is 5.91 Å². The molecule has 3 N–H and O–H groups in total. The summed E-state index contributed by atoms with van der Waals surface area (Å²) in [6, 6.07) is 26.7. The molecule has 0 spiro atoms. The number of rotatable bonds is 20. The van der Waals surface area contributed by atoms with Gasteiger partial charge < -0.3 is 54.0 Å². The largest absolute Gasteiger partial charge is 0.474 e. The maximum Gasteiger partial charge on any atom is 0.269 e. The summed E-state index contributed by atoms with van der Waals surface area (Å²) < 4.78 is 40.9. The van der Waals surface area contributed by atoms with E-state index in [1.54, 1.807) is 62.4 Å². The Hall–Kier alpha value is -12.0. The Balaban J connectivity index is 0.000000124. The second-order valence-corrected chi connectivity index (χ2v) is 33.4. The lowest BCUT2D eigenvalue weighted by Crippen LogP contribution is -2.26. The number of Topliss-reactive ketones (excluding diaryl/α,β-unsaturated/α-hetero) is 1. The fraction of sp³-hybridized carbons (Fsp3) is 0.425. The Morgan fingerprint density at radius 1 is 0.517 bits per heavy atom. The molecule has 18 rings (SSSR count). The first-order valence-electron chi connectivity index (χ1n) is 40.3. The maximum absolute atomic E-state index is 12.6. The van der Waals surface area contributed by atoms with E-state index in [0.29, 0.717) is 99.9 Å². The minimum atomic E-state index is -0.180. The van der Waals surface area contributed by atoms with Crippen molar-refractivity contribution in [2.24, 2.45) is 58.9 Å². The SMILES string of the molecule is COCCn1cc(-c2cc3nn(C)cc3c(O[C@H](C)[C@H]3CNC(=O)C3)n2)cn1.C[C@@H](Oc1nc(-c2ccc3c(c2)CCN(C)CC3)cc2nn(C)cc12)[C@H]1CNC(=O)C1.C[C@@H](Oc1nc(-c2ccc3cc(C(=O)N(C)C)n(C)c3c2)cc2nn(C)cc12)[C@H]1CNC(=O)C1.Cc1ccc(-c2cc3nn(C)cc3c(O[C@H](C)[C@H]3CCC(=O)C3)n2)s1. The zero-order valence-electron chi connectivity index (χ0n) is 69.3. The lowest BCUT2D eigenvalue weighted by atomic mass is 9.98. The van der Waals surface area contributed by atoms with Crippen LogP contribution in [0.4, 0.5) is 0 Å². The van der Waals surface area contributed by atoms with Gasteiger partial charge >= 0.3 is 0 Å². The van der Waals surface area contributed by atoms with Crippen LogP contribution in [0.15, 0.2) is 116 Å². The van der Waals surface area contributed by atoms with Crippen LogP contribution in [0.5, 0.6) is 23.5 Å². The molecule has 1 saturated carbocycles. The normalized spacial score (nSPS) is 18.4. The second-order valence-electron chi connectivity index (χ2n) is 32.1. The van der Waals surface area contributed by atoms with Crippen LogP contribution in [-0.4, -0.2) is 205 Å². The number of benzene rings is 2. The Labute approximate surface area is 687 Å². The number of methoxy groups -OCH3 is 1. The van der Waals surface area contributed by atoms with Crippen molar-refractivity contribution >= 4 is 95.3 Å². The highest BCUT2D eigenvalue weighted by molar-refractivity contribution is 7.15. The van der Waals surface area contributed by atoms with Gasteiger partial charge in [-0.15, -0.1) is 11.3 Å². The maximum atomic E-state index is 12.6. The Bertz CT molecular complexity index is 5930. The van der Waals surface area contributed by atoms with Crippen LogP contribution in [0.1, 0.15) is 92.7 Å². The van der Waals surface area contributed by atoms with E-state index in [4.69, 9.17) is 43.6 Å². The predicted octanol–water partition coefficient (Wildman–Crippen LogP) is 10.8. The number of carbonyl (C=O) groups is 5. The Morgan fingerprint density at radius 3 is 1.41 bits per heavy atom. The molecule has 8 atom stereocenters. The van der Waals surface area contributed by atoms with Crippen LogP contribution in [0, 0.1) is 30.6 Å². The number of hydrogen-bond donors (Lipinski definition) is 3. The molecule has 0 unspecified atom stereocenters. The van der Waals surface area contributed by atoms with Crippen molar-refractivity contribution in [3.8, 4) is 67.9 Å². The lowest BCUT2D eigenvalue weighted by Gasteiger charge is -2.20. The van der Waals surface area contributed by atoms with Crippen LogP contribution in [0.2, 0.25) is 0 Å². The summed E-state index contributed by atoms with van der Waals surface area (Å²) in [6.45, 7) is 15.4. The smallest absolute Gasteiger partial charge is 0.269 e. The van der Waals surface area contributed by atoms with Gasteiger partial charge in [0.05, 0.1) is 90.6 Å². The zero-order chi connectivity index (χ0) is 82.9. The van der Waals surface area contributed by atoms with E-state index in [9.17, 15) is 24.0 Å². The van der Waals surface area contributed by atoms with Crippen LogP contribution < -0.4 is 34.9 Å². The van der Waals surface area contributed by atoms with Crippen molar-refractivity contribution < 1.29 is 47.7 Å². The van der Waals surface area contributed by atoms with Gasteiger partial charge in [0.1, 0.15) is 35.9 Å². The molecule has 4 fully saturated rings. The van der Waals surface area contributed by atoms with Crippen LogP contribution in [0.25, 0.3) is 98.9 Å². The average molecular weight is 1620 g/mol. The van der Waals surface area contributed by atoms with E-state index in [1.165, 1.54) is 16.0 Å². The summed E-state index contributed by atoms with van der Waals surface area (Å²) in [7, 11) is 16.8. The highest BCUT2D eigenvalue weighted by Gasteiger charge is 2.34. The van der Waals surface area contributed by atoms with Crippen molar-refractivity contribution in [2.75, 3.05) is 67.6 Å². The van der Waals surface area contributed by atoms with Crippen molar-refractivity contribution in [1.82, 2.24) is 99.2 Å². The third-order valence-corrected chi connectivity index (χ3v) is 24.0. The number of fused-ring (bicyclic) bond motifs is 6. The number of nitrogens with one attached hydrogen (secondary N) is 3. The number of carbonyl (C=O) groups excluding carboxylic acids is 5. The quantitative estimate of drug-likeness (QED) is 0.0638. The standard InChI is InChI=1S/C25H28N6O3.C24H29N5O2.C19H24N6O3.C19H21N3O2S/c1-14(17-10-23(32)26-12-17)34-24-18-13-30(4)28-20(18)11-19(27-24)15-6-7-16-9-22(25(33)29(2)3)31(5)21(16)8-15;1-15(19-11-23(30)25-13-19)31-24-20-14-29(3)27-22(20)12-21(26-24)18-5-4-16-6-8-28(2)9-7-17(16)10-18;1-12(13-6-18(26)20-8-13)28-19-15-11-24(2)23-17(15)7-16(22-19)14-9-21-25(10-14)4-5-27-3;1-11-4-7-18(25-11)17-9-16-15(10-22(3)21-16)19(20-17)24-12(2)13-5-6-14(23)8-13/h6-9,11,13-14,17H,10,12H2,1-5H3,(H,26,32);4-5,10,12,14-15,19H,6-9,11,13H2,1-3H3,(H,25,30);7,9-13H,4-6,8H2,1-3H3,(H,20,26);4,7,9-10,12-13H,5-6,8H2,1-3H3/t14-,17-;15-,19-;12-,13-;12-,13+/m1111/s1. The summed E-state index contributed by atoms with van der Waals surface area (Å²) in [6.07, 6.45) is 16.6. The van der Waals surface area contributed by atoms with Crippen molar-refractivity contribution in [1.29, 1.82) is 0 Å². The van der Waals surface area contributed by atoms with Crippen molar-refractivity contribution in [2.45, 2.75) is 117 Å². The second kappa shape index (κ2) is 34.7. The van der Waals surface area contributed by atoms with Crippen LogP contribution in [0.3, 0.4) is 0 Å². The monoisotopic (exact) mass is 1620 g/mol. The summed E-state index contributed by atoms with van der Waals surface area (Å²) in [5.41, 5.74) is 13.8. The summed E-state index contributed by atoms with van der Waals surface area (Å²) in [5, 5.41) is 35.7. The number of ketones is 1. The van der Waals surface area contributed by atoms with Gasteiger partial charge in [-0.1, -0.05) is 24.3 Å². The van der Waals surface area contributed by atoms with Crippen LogP contribution >= 0.6 is 11.3 Å². The molecular formula is C87H102N20O10S. The van der Waals surface area contributed by atoms with Gasteiger partial charge in [0.15, 0.2) is 0 Å². The molecule has 1 aliphatic carbocycles. The number of aromatic nitrogens is 15. The number of nitrogens with zero attached hydrogens (tertiary/aromatic N) is 17. The lowest BCUT2D eigenvalue weighted by molar-refractivity contribution is -0.120. The number of pyridine rings is 4. The third-order valence-electron chi connectivity index (χ3n) is 22.9. The molecular weight excluding hydrogens is 1520 g/mol. The number of thiophene rings is 1. The van der Waals surface area contributed by atoms with Crippen LogP contribution in [-0.2, 0) is 78.5 Å². The molecule has 616 valence electrons. The molecule has 3 saturated heterocycles.